The van der Waals surface area contributed by atoms with Crippen molar-refractivity contribution < 1.29 is 28.2 Å². The summed E-state index contributed by atoms with van der Waals surface area (Å²) in [5, 5.41) is 23.5. The molecule has 5 rings (SSSR count). The maximum Gasteiger partial charge on any atom is 0.410 e. The number of amides is 1. The molecule has 0 spiro atoms. The zero-order valence-corrected chi connectivity index (χ0v) is 23.4. The Labute approximate surface area is 239 Å². The number of ether oxygens (including phenoxy) is 2. The van der Waals surface area contributed by atoms with Crippen LogP contribution in [0.4, 0.5) is 19.3 Å². The number of aliphatic hydroxyl groups is 1. The molecule has 41 heavy (non-hydrogen) atoms. The summed E-state index contributed by atoms with van der Waals surface area (Å²) in [4.78, 5) is 18.7. The van der Waals surface area contributed by atoms with Gasteiger partial charge in [0.1, 0.15) is 17.0 Å². The highest BCUT2D eigenvalue weighted by Crippen LogP contribution is 2.38. The molecular weight excluding hydrogens is 560 g/mol. The highest BCUT2D eigenvalue weighted by molar-refractivity contribution is 6.31. The number of anilines is 1. The summed E-state index contributed by atoms with van der Waals surface area (Å²) in [7, 11) is 0. The molecule has 0 aliphatic carbocycles. The smallest absolute Gasteiger partial charge is 0.410 e. The number of nitrogens with zero attached hydrogens (tertiary/aromatic N) is 6. The maximum absolute atomic E-state index is 13.3. The molecule has 2 atom stereocenters. The van der Waals surface area contributed by atoms with Crippen molar-refractivity contribution in [3.63, 3.8) is 0 Å². The van der Waals surface area contributed by atoms with E-state index in [0.29, 0.717) is 29.3 Å². The van der Waals surface area contributed by atoms with E-state index in [4.69, 9.17) is 21.1 Å². The van der Waals surface area contributed by atoms with Crippen LogP contribution in [0.3, 0.4) is 0 Å². The van der Waals surface area contributed by atoms with E-state index >= 15 is 0 Å². The lowest BCUT2D eigenvalue weighted by atomic mass is 10.0. The molecule has 1 aliphatic heterocycles. The van der Waals surface area contributed by atoms with Crippen molar-refractivity contribution >= 4 is 29.0 Å². The van der Waals surface area contributed by atoms with E-state index < -0.39 is 30.5 Å². The van der Waals surface area contributed by atoms with E-state index in [1.807, 2.05) is 0 Å². The number of alkyl halides is 2. The third-order valence-electron chi connectivity index (χ3n) is 6.50. The number of aliphatic hydroxyl groups excluding tert-OH is 1. The fraction of sp³-hybridized carbons (Fsp3) is 0.407. The summed E-state index contributed by atoms with van der Waals surface area (Å²) in [5.74, 6) is -0.116. The Morgan fingerprint density at radius 2 is 2.12 bits per heavy atom. The quantitative estimate of drug-likeness (QED) is 0.309. The average molecular weight is 590 g/mol. The summed E-state index contributed by atoms with van der Waals surface area (Å²) >= 11 is 6.25. The van der Waals surface area contributed by atoms with Crippen molar-refractivity contribution in [1.82, 2.24) is 29.3 Å². The minimum absolute atomic E-state index is 0.116. The van der Waals surface area contributed by atoms with Gasteiger partial charge in [-0.05, 0) is 51.5 Å². The van der Waals surface area contributed by atoms with Crippen LogP contribution in [0.15, 0.2) is 49.1 Å². The number of likely N-dealkylation sites (tertiary alicyclic amines) is 1. The van der Waals surface area contributed by atoms with E-state index in [-0.39, 0.29) is 30.1 Å². The van der Waals surface area contributed by atoms with Gasteiger partial charge in [0.2, 0.25) is 0 Å². The normalized spacial score (nSPS) is 17.7. The minimum Gasteiger partial charge on any atom is -0.444 e. The van der Waals surface area contributed by atoms with E-state index in [1.54, 1.807) is 56.1 Å². The van der Waals surface area contributed by atoms with Gasteiger partial charge in [0.15, 0.2) is 5.65 Å². The van der Waals surface area contributed by atoms with Crippen LogP contribution in [0, 0.1) is 0 Å². The van der Waals surface area contributed by atoms with Gasteiger partial charge in [-0.25, -0.2) is 14.3 Å². The van der Waals surface area contributed by atoms with Gasteiger partial charge in [-0.2, -0.15) is 19.0 Å². The largest absolute Gasteiger partial charge is 0.444 e. The van der Waals surface area contributed by atoms with Gasteiger partial charge < -0.3 is 24.8 Å². The fourth-order valence-electron chi connectivity index (χ4n) is 4.64. The predicted molar refractivity (Wildman–Crippen MR) is 147 cm³/mol. The first-order valence-electron chi connectivity index (χ1n) is 13.0. The van der Waals surface area contributed by atoms with Crippen LogP contribution in [0.2, 0.25) is 5.02 Å². The summed E-state index contributed by atoms with van der Waals surface area (Å²) in [6.07, 6.45) is 5.74. The van der Waals surface area contributed by atoms with Crippen molar-refractivity contribution in [3.8, 4) is 17.0 Å². The molecule has 14 heteroatoms. The first kappa shape index (κ1) is 28.6. The molecule has 1 aliphatic rings. The van der Waals surface area contributed by atoms with E-state index in [2.05, 4.69) is 20.5 Å². The maximum atomic E-state index is 13.3. The van der Waals surface area contributed by atoms with Crippen LogP contribution in [-0.2, 0) is 11.3 Å². The van der Waals surface area contributed by atoms with Gasteiger partial charge in [-0.1, -0.05) is 11.6 Å². The molecule has 1 aromatic carbocycles. The number of hydrogen-bond acceptors (Lipinski definition) is 8. The topological polar surface area (TPSA) is 119 Å². The SMILES string of the molecule is CC(C)(C)OC(=O)N1CCC(O)C(n2cc(NCc3cnn4cccnc34)c(-c3cc(Cl)ccc3OC(F)F)n2)C1. The highest BCUT2D eigenvalue weighted by atomic mass is 35.5. The first-order valence-corrected chi connectivity index (χ1v) is 13.4. The number of nitrogens with one attached hydrogen (secondary N) is 1. The summed E-state index contributed by atoms with van der Waals surface area (Å²) in [6.45, 7) is 2.99. The number of halogens is 3. The van der Waals surface area contributed by atoms with Crippen LogP contribution in [-0.4, -0.2) is 71.9 Å². The van der Waals surface area contributed by atoms with Crippen molar-refractivity contribution in [1.29, 1.82) is 0 Å². The fourth-order valence-corrected chi connectivity index (χ4v) is 4.81. The van der Waals surface area contributed by atoms with Crippen molar-refractivity contribution in [2.24, 2.45) is 0 Å². The van der Waals surface area contributed by atoms with Gasteiger partial charge in [0.25, 0.3) is 0 Å². The Morgan fingerprint density at radius 3 is 2.88 bits per heavy atom. The Morgan fingerprint density at radius 1 is 1.32 bits per heavy atom. The highest BCUT2D eigenvalue weighted by Gasteiger charge is 2.35. The van der Waals surface area contributed by atoms with Crippen LogP contribution < -0.4 is 10.1 Å². The number of benzene rings is 1. The molecule has 3 aromatic heterocycles. The second-order valence-corrected chi connectivity index (χ2v) is 11.1. The molecule has 0 saturated carbocycles. The van der Waals surface area contributed by atoms with Gasteiger partial charge in [-0.3, -0.25) is 4.68 Å². The number of aromatic nitrogens is 5. The molecule has 0 bridgehead atoms. The molecule has 2 unspecified atom stereocenters. The lowest BCUT2D eigenvalue weighted by Crippen LogP contribution is -2.48. The van der Waals surface area contributed by atoms with Crippen LogP contribution >= 0.6 is 11.6 Å². The van der Waals surface area contributed by atoms with Crippen molar-refractivity contribution in [2.75, 3.05) is 18.4 Å². The minimum atomic E-state index is -3.07. The molecule has 1 saturated heterocycles. The van der Waals surface area contributed by atoms with E-state index in [0.717, 1.165) is 5.56 Å². The summed E-state index contributed by atoms with van der Waals surface area (Å²) < 4.78 is 40.0. The summed E-state index contributed by atoms with van der Waals surface area (Å²) in [5.41, 5.74) is 1.71. The molecule has 218 valence electrons. The standard InChI is InChI=1S/C27H30ClF2N7O4/c1-27(2,3)41-26(39)35-10-7-21(38)20(15-35)37-14-19(32-12-16-13-33-36-9-4-8-31-24(16)36)23(34-37)18-11-17(28)5-6-22(18)40-25(29)30/h4-6,8-9,11,13-14,20-21,25,32,38H,7,10,12,15H2,1-3H3. The Hall–Kier alpha value is -3.97. The molecule has 4 heterocycles. The monoisotopic (exact) mass is 589 g/mol. The second kappa shape index (κ2) is 11.5. The molecular formula is C27H30ClF2N7O4. The average Bonchev–Trinajstić information content (AvgIpc) is 3.51. The van der Waals surface area contributed by atoms with E-state index in [1.165, 1.54) is 27.8 Å². The molecule has 1 amide bonds. The Kier molecular flexibility index (Phi) is 8.00. The van der Waals surface area contributed by atoms with Crippen molar-refractivity contribution in [3.05, 3.63) is 59.6 Å². The van der Waals surface area contributed by atoms with Crippen LogP contribution in [0.5, 0.6) is 5.75 Å². The number of piperidine rings is 1. The van der Waals surface area contributed by atoms with Crippen molar-refractivity contribution in [2.45, 2.75) is 58.1 Å². The van der Waals surface area contributed by atoms with E-state index in [9.17, 15) is 18.7 Å². The lowest BCUT2D eigenvalue weighted by molar-refractivity contribution is -0.0494. The van der Waals surface area contributed by atoms with Gasteiger partial charge >= 0.3 is 12.7 Å². The molecule has 2 N–H and O–H groups in total. The molecule has 1 fully saturated rings. The molecule has 0 radical (unpaired) electrons. The van der Waals surface area contributed by atoms with Gasteiger partial charge in [-0.15, -0.1) is 0 Å². The Bertz CT molecular complexity index is 1540. The number of carbonyl (C=O) groups excluding carboxylic acids is 1. The number of carbonyl (C=O) groups is 1. The zero-order valence-electron chi connectivity index (χ0n) is 22.7. The number of fused-ring (bicyclic) bond motifs is 1. The summed E-state index contributed by atoms with van der Waals surface area (Å²) in [6, 6.07) is 5.41. The molecule has 4 aromatic rings. The second-order valence-electron chi connectivity index (χ2n) is 10.7. The van der Waals surface area contributed by atoms with Gasteiger partial charge in [0, 0.05) is 54.4 Å². The Balaban J connectivity index is 1.51. The third kappa shape index (κ3) is 6.51. The first-order chi connectivity index (χ1) is 19.5. The number of rotatable bonds is 7. The lowest BCUT2D eigenvalue weighted by Gasteiger charge is -2.36. The van der Waals surface area contributed by atoms with Crippen LogP contribution in [0.1, 0.15) is 38.8 Å². The predicted octanol–water partition coefficient (Wildman–Crippen LogP) is 5.00. The zero-order chi connectivity index (χ0) is 29.3. The number of hydrogen-bond donors (Lipinski definition) is 2. The third-order valence-corrected chi connectivity index (χ3v) is 6.74. The van der Waals surface area contributed by atoms with Crippen LogP contribution in [0.25, 0.3) is 16.9 Å². The van der Waals surface area contributed by atoms with Gasteiger partial charge in [0.05, 0.1) is 24.0 Å². The molecule has 11 nitrogen and oxygen atoms in total.